The molecular formula is C15H23ClN4O. The third-order valence-corrected chi connectivity index (χ3v) is 4.08. The van der Waals surface area contributed by atoms with E-state index in [1.165, 1.54) is 12.8 Å². The Morgan fingerprint density at radius 3 is 2.76 bits per heavy atom. The standard InChI is InChI=1S/C15H22N4O.ClH/c20-15(13-4-3-7-16-13)18-11-12-5-6-14(17-10-12)19-8-1-2-9-19;/h5-6,10,13,16H,1-4,7-9,11H2,(H,18,20);1H. The van der Waals surface area contributed by atoms with Crippen molar-refractivity contribution >= 4 is 24.1 Å². The van der Waals surface area contributed by atoms with E-state index in [-0.39, 0.29) is 24.4 Å². The third kappa shape index (κ3) is 4.08. The number of hydrogen-bond donors (Lipinski definition) is 2. The first-order valence-corrected chi connectivity index (χ1v) is 7.54. The molecule has 3 heterocycles. The van der Waals surface area contributed by atoms with E-state index in [4.69, 9.17) is 0 Å². The van der Waals surface area contributed by atoms with Gasteiger partial charge in [0.25, 0.3) is 0 Å². The van der Waals surface area contributed by atoms with Crippen molar-refractivity contribution in [2.45, 2.75) is 38.3 Å². The molecule has 0 bridgehead atoms. The maximum Gasteiger partial charge on any atom is 0.237 e. The topological polar surface area (TPSA) is 57.3 Å². The van der Waals surface area contributed by atoms with Crippen LogP contribution in [0.4, 0.5) is 5.82 Å². The molecule has 0 aromatic carbocycles. The van der Waals surface area contributed by atoms with Crippen molar-refractivity contribution in [1.82, 2.24) is 15.6 Å². The van der Waals surface area contributed by atoms with Crippen molar-refractivity contribution < 1.29 is 4.79 Å². The number of pyridine rings is 1. The van der Waals surface area contributed by atoms with Crippen molar-refractivity contribution in [3.63, 3.8) is 0 Å². The molecule has 2 aliphatic rings. The van der Waals surface area contributed by atoms with E-state index in [1.807, 2.05) is 6.20 Å². The molecule has 1 aromatic rings. The molecule has 1 amide bonds. The molecule has 2 aliphatic heterocycles. The molecule has 21 heavy (non-hydrogen) atoms. The van der Waals surface area contributed by atoms with E-state index >= 15 is 0 Å². The highest BCUT2D eigenvalue weighted by Crippen LogP contribution is 2.17. The molecule has 0 aliphatic carbocycles. The fourth-order valence-electron chi connectivity index (χ4n) is 2.88. The van der Waals surface area contributed by atoms with Gasteiger partial charge in [0.2, 0.25) is 5.91 Å². The van der Waals surface area contributed by atoms with E-state index in [0.717, 1.165) is 43.9 Å². The summed E-state index contributed by atoms with van der Waals surface area (Å²) in [5.74, 6) is 1.15. The first-order valence-electron chi connectivity index (χ1n) is 7.54. The van der Waals surface area contributed by atoms with Gasteiger partial charge in [-0.3, -0.25) is 4.79 Å². The Labute approximate surface area is 131 Å². The summed E-state index contributed by atoms with van der Waals surface area (Å²) in [5.41, 5.74) is 1.05. The smallest absolute Gasteiger partial charge is 0.237 e. The maximum atomic E-state index is 11.9. The molecule has 2 N–H and O–H groups in total. The lowest BCUT2D eigenvalue weighted by Gasteiger charge is -2.16. The van der Waals surface area contributed by atoms with Gasteiger partial charge in [-0.15, -0.1) is 12.4 Å². The molecule has 1 atom stereocenters. The molecule has 0 radical (unpaired) electrons. The van der Waals surface area contributed by atoms with Gasteiger partial charge in [-0.2, -0.15) is 0 Å². The Kier molecular flexibility index (Phi) is 5.82. The number of nitrogens with one attached hydrogen (secondary N) is 2. The van der Waals surface area contributed by atoms with Gasteiger partial charge in [0.05, 0.1) is 6.04 Å². The molecule has 5 nitrogen and oxygen atoms in total. The minimum atomic E-state index is -0.00756. The van der Waals surface area contributed by atoms with E-state index in [1.54, 1.807) is 0 Å². The second kappa shape index (κ2) is 7.61. The predicted molar refractivity (Wildman–Crippen MR) is 85.8 cm³/mol. The van der Waals surface area contributed by atoms with Crippen LogP contribution in [0.15, 0.2) is 18.3 Å². The van der Waals surface area contributed by atoms with Crippen LogP contribution in [0.5, 0.6) is 0 Å². The van der Waals surface area contributed by atoms with E-state index < -0.39 is 0 Å². The Balaban J connectivity index is 0.00000161. The number of nitrogens with zero attached hydrogens (tertiary/aromatic N) is 2. The highest BCUT2D eigenvalue weighted by Gasteiger charge is 2.21. The monoisotopic (exact) mass is 310 g/mol. The molecule has 1 unspecified atom stereocenters. The van der Waals surface area contributed by atoms with E-state index in [9.17, 15) is 4.79 Å². The third-order valence-electron chi connectivity index (χ3n) is 4.08. The van der Waals surface area contributed by atoms with Crippen LogP contribution in [-0.4, -0.2) is 36.6 Å². The molecule has 116 valence electrons. The molecule has 0 saturated carbocycles. The summed E-state index contributed by atoms with van der Waals surface area (Å²) in [6.45, 7) is 3.72. The molecule has 2 saturated heterocycles. The first-order chi connectivity index (χ1) is 9.83. The molecular weight excluding hydrogens is 288 g/mol. The Morgan fingerprint density at radius 1 is 1.33 bits per heavy atom. The van der Waals surface area contributed by atoms with Gasteiger partial charge >= 0.3 is 0 Å². The molecule has 3 rings (SSSR count). The lowest BCUT2D eigenvalue weighted by Crippen LogP contribution is -2.40. The van der Waals surface area contributed by atoms with Crippen LogP contribution in [0.1, 0.15) is 31.2 Å². The van der Waals surface area contributed by atoms with Gasteiger partial charge in [-0.25, -0.2) is 4.98 Å². The van der Waals surface area contributed by atoms with Crippen LogP contribution in [0.25, 0.3) is 0 Å². The Morgan fingerprint density at radius 2 is 2.14 bits per heavy atom. The highest BCUT2D eigenvalue weighted by atomic mass is 35.5. The Hall–Kier alpha value is -1.33. The van der Waals surface area contributed by atoms with Crippen molar-refractivity contribution in [3.8, 4) is 0 Å². The van der Waals surface area contributed by atoms with Gasteiger partial charge in [0.15, 0.2) is 0 Å². The minimum absolute atomic E-state index is 0. The number of carbonyl (C=O) groups is 1. The van der Waals surface area contributed by atoms with Crippen LogP contribution in [-0.2, 0) is 11.3 Å². The fourth-order valence-corrected chi connectivity index (χ4v) is 2.88. The van der Waals surface area contributed by atoms with Crippen molar-refractivity contribution in [3.05, 3.63) is 23.9 Å². The number of rotatable bonds is 4. The van der Waals surface area contributed by atoms with Crippen LogP contribution < -0.4 is 15.5 Å². The van der Waals surface area contributed by atoms with Gasteiger partial charge in [0, 0.05) is 25.8 Å². The number of aromatic nitrogens is 1. The lowest BCUT2D eigenvalue weighted by atomic mass is 10.2. The predicted octanol–water partition coefficient (Wildman–Crippen LogP) is 1.47. The zero-order valence-electron chi connectivity index (χ0n) is 12.2. The molecule has 1 aromatic heterocycles. The quantitative estimate of drug-likeness (QED) is 0.884. The van der Waals surface area contributed by atoms with E-state index in [2.05, 4.69) is 32.7 Å². The normalized spacial score (nSPS) is 21.1. The average Bonchev–Trinajstić information content (AvgIpc) is 3.18. The summed E-state index contributed by atoms with van der Waals surface area (Å²) in [7, 11) is 0. The van der Waals surface area contributed by atoms with Crippen molar-refractivity contribution in [2.75, 3.05) is 24.5 Å². The fraction of sp³-hybridized carbons (Fsp3) is 0.600. The zero-order chi connectivity index (χ0) is 13.8. The van der Waals surface area contributed by atoms with Gasteiger partial charge in [-0.05, 0) is 43.9 Å². The number of hydrogen-bond acceptors (Lipinski definition) is 4. The van der Waals surface area contributed by atoms with Gasteiger partial charge < -0.3 is 15.5 Å². The molecule has 2 fully saturated rings. The number of halogens is 1. The second-order valence-corrected chi connectivity index (χ2v) is 5.59. The molecule has 6 heteroatoms. The van der Waals surface area contributed by atoms with Crippen molar-refractivity contribution in [1.29, 1.82) is 0 Å². The van der Waals surface area contributed by atoms with E-state index in [0.29, 0.717) is 6.54 Å². The minimum Gasteiger partial charge on any atom is -0.357 e. The summed E-state index contributed by atoms with van der Waals surface area (Å²) in [5, 5.41) is 6.18. The van der Waals surface area contributed by atoms with Crippen LogP contribution in [0.3, 0.4) is 0 Å². The van der Waals surface area contributed by atoms with Crippen LogP contribution in [0.2, 0.25) is 0 Å². The summed E-state index contributed by atoms with van der Waals surface area (Å²) in [4.78, 5) is 18.7. The summed E-state index contributed by atoms with van der Waals surface area (Å²) in [6.07, 6.45) is 6.42. The first kappa shape index (κ1) is 16.0. The van der Waals surface area contributed by atoms with Gasteiger partial charge in [0.1, 0.15) is 5.82 Å². The maximum absolute atomic E-state index is 11.9. The Bertz CT molecular complexity index is 453. The van der Waals surface area contributed by atoms with Crippen molar-refractivity contribution in [2.24, 2.45) is 0 Å². The number of amides is 1. The average molecular weight is 311 g/mol. The summed E-state index contributed by atoms with van der Waals surface area (Å²) < 4.78 is 0. The largest absolute Gasteiger partial charge is 0.357 e. The lowest BCUT2D eigenvalue weighted by molar-refractivity contribution is -0.122. The SMILES string of the molecule is Cl.O=C(NCc1ccc(N2CCCC2)nc1)C1CCCN1. The number of carbonyl (C=O) groups excluding carboxylic acids is 1. The van der Waals surface area contributed by atoms with Crippen LogP contribution in [0, 0.1) is 0 Å². The number of anilines is 1. The zero-order valence-corrected chi connectivity index (χ0v) is 13.0. The molecule has 0 spiro atoms. The summed E-state index contributed by atoms with van der Waals surface area (Å²) >= 11 is 0. The second-order valence-electron chi connectivity index (χ2n) is 5.59. The van der Waals surface area contributed by atoms with Crippen LogP contribution >= 0.6 is 12.4 Å². The van der Waals surface area contributed by atoms with Gasteiger partial charge in [-0.1, -0.05) is 6.07 Å². The summed E-state index contributed by atoms with van der Waals surface area (Å²) in [6, 6.07) is 4.11. The highest BCUT2D eigenvalue weighted by molar-refractivity contribution is 5.85.